The Bertz CT molecular complexity index is 104. The van der Waals surface area contributed by atoms with Crippen LogP contribution in [-0.4, -0.2) is 19.3 Å². The lowest BCUT2D eigenvalue weighted by Crippen LogP contribution is -2.15. The van der Waals surface area contributed by atoms with Crippen molar-refractivity contribution in [1.29, 1.82) is 0 Å². The molecule has 0 aromatic carbocycles. The second kappa shape index (κ2) is 6.41. The summed E-state index contributed by atoms with van der Waals surface area (Å²) in [7, 11) is 0. The zero-order chi connectivity index (χ0) is 9.56. The summed E-state index contributed by atoms with van der Waals surface area (Å²) in [5.41, 5.74) is 0. The van der Waals surface area contributed by atoms with Gasteiger partial charge in [0.15, 0.2) is 0 Å². The first-order valence-electron chi connectivity index (χ1n) is 5.05. The van der Waals surface area contributed by atoms with Crippen LogP contribution in [0.2, 0.25) is 0 Å². The standard InChI is InChI=1S/C8H16FN.C2H6/c1-6(2)3-7-4-10-5-8(7)9;1-2/h6-8,10H,3-5H2,1-2H3;1-2H3. The smallest absolute Gasteiger partial charge is 0.116 e. The molecule has 1 nitrogen and oxygen atoms in total. The molecule has 0 amide bonds. The Balaban J connectivity index is 0.000000561. The molecule has 1 heterocycles. The van der Waals surface area contributed by atoms with Crippen molar-refractivity contribution in [1.82, 2.24) is 5.32 Å². The molecule has 2 unspecified atom stereocenters. The third kappa shape index (κ3) is 4.05. The molecule has 74 valence electrons. The molecule has 0 aromatic rings. The van der Waals surface area contributed by atoms with E-state index in [-0.39, 0.29) is 5.92 Å². The Morgan fingerprint density at radius 1 is 1.33 bits per heavy atom. The maximum absolute atomic E-state index is 12.9. The van der Waals surface area contributed by atoms with Crippen molar-refractivity contribution in [2.75, 3.05) is 13.1 Å². The summed E-state index contributed by atoms with van der Waals surface area (Å²) in [4.78, 5) is 0. The first-order chi connectivity index (χ1) is 5.70. The van der Waals surface area contributed by atoms with Gasteiger partial charge in [-0.1, -0.05) is 27.7 Å². The van der Waals surface area contributed by atoms with Gasteiger partial charge in [-0.25, -0.2) is 4.39 Å². The first-order valence-corrected chi connectivity index (χ1v) is 5.05. The van der Waals surface area contributed by atoms with E-state index in [1.807, 2.05) is 13.8 Å². The minimum Gasteiger partial charge on any atom is -0.313 e. The summed E-state index contributed by atoms with van der Waals surface area (Å²) < 4.78 is 12.9. The van der Waals surface area contributed by atoms with Gasteiger partial charge in [-0.2, -0.15) is 0 Å². The van der Waals surface area contributed by atoms with E-state index >= 15 is 0 Å². The maximum Gasteiger partial charge on any atom is 0.116 e. The van der Waals surface area contributed by atoms with E-state index in [4.69, 9.17) is 0 Å². The minimum absolute atomic E-state index is 0.278. The predicted octanol–water partition coefficient (Wildman–Crippen LogP) is 2.62. The van der Waals surface area contributed by atoms with E-state index in [9.17, 15) is 4.39 Å². The highest BCUT2D eigenvalue weighted by molar-refractivity contribution is 4.81. The Labute approximate surface area is 75.7 Å². The topological polar surface area (TPSA) is 12.0 Å². The van der Waals surface area contributed by atoms with E-state index in [0.29, 0.717) is 12.5 Å². The molecule has 0 radical (unpaired) electrons. The van der Waals surface area contributed by atoms with Gasteiger partial charge in [0.05, 0.1) is 0 Å². The molecule has 1 fully saturated rings. The molecule has 0 bridgehead atoms. The average molecular weight is 175 g/mol. The quantitative estimate of drug-likeness (QED) is 0.680. The van der Waals surface area contributed by atoms with E-state index in [1.54, 1.807) is 0 Å². The van der Waals surface area contributed by atoms with Crippen LogP contribution in [0.25, 0.3) is 0 Å². The Kier molecular flexibility index (Phi) is 6.35. The minimum atomic E-state index is -0.595. The summed E-state index contributed by atoms with van der Waals surface area (Å²) in [5, 5.41) is 3.05. The van der Waals surface area contributed by atoms with Crippen molar-refractivity contribution in [2.24, 2.45) is 11.8 Å². The van der Waals surface area contributed by atoms with Gasteiger partial charge in [0.1, 0.15) is 6.17 Å². The number of nitrogens with one attached hydrogen (secondary N) is 1. The lowest BCUT2D eigenvalue weighted by atomic mass is 9.95. The lowest BCUT2D eigenvalue weighted by Gasteiger charge is -2.13. The van der Waals surface area contributed by atoms with Crippen molar-refractivity contribution >= 4 is 0 Å². The Morgan fingerprint density at radius 2 is 1.92 bits per heavy atom. The van der Waals surface area contributed by atoms with Crippen molar-refractivity contribution in [3.63, 3.8) is 0 Å². The van der Waals surface area contributed by atoms with Gasteiger partial charge >= 0.3 is 0 Å². The fourth-order valence-corrected chi connectivity index (χ4v) is 1.54. The van der Waals surface area contributed by atoms with Crippen LogP contribution in [0.3, 0.4) is 0 Å². The van der Waals surface area contributed by atoms with Crippen LogP contribution < -0.4 is 5.32 Å². The molecular formula is C10H22FN. The highest BCUT2D eigenvalue weighted by Gasteiger charge is 2.26. The molecule has 2 atom stereocenters. The number of hydrogen-bond donors (Lipinski definition) is 1. The van der Waals surface area contributed by atoms with Crippen LogP contribution in [0.15, 0.2) is 0 Å². The normalized spacial score (nSPS) is 28.5. The van der Waals surface area contributed by atoms with Crippen LogP contribution >= 0.6 is 0 Å². The number of alkyl halides is 1. The van der Waals surface area contributed by atoms with E-state index in [0.717, 1.165) is 13.0 Å². The Hall–Kier alpha value is -0.110. The molecule has 12 heavy (non-hydrogen) atoms. The molecule has 0 aliphatic carbocycles. The summed E-state index contributed by atoms with van der Waals surface area (Å²) in [6.45, 7) is 9.73. The third-order valence-electron chi connectivity index (χ3n) is 2.03. The zero-order valence-corrected chi connectivity index (χ0v) is 8.73. The second-order valence-electron chi connectivity index (χ2n) is 3.56. The van der Waals surface area contributed by atoms with Gasteiger partial charge in [0, 0.05) is 19.0 Å². The van der Waals surface area contributed by atoms with Gasteiger partial charge in [-0.05, 0) is 12.3 Å². The zero-order valence-electron chi connectivity index (χ0n) is 8.73. The molecule has 1 N–H and O–H groups in total. The SMILES string of the molecule is CC.CC(C)CC1CNCC1F. The van der Waals surface area contributed by atoms with Gasteiger partial charge < -0.3 is 5.32 Å². The predicted molar refractivity (Wildman–Crippen MR) is 52.1 cm³/mol. The summed E-state index contributed by atoms with van der Waals surface area (Å²) in [5.74, 6) is 0.906. The van der Waals surface area contributed by atoms with Crippen molar-refractivity contribution < 1.29 is 4.39 Å². The Morgan fingerprint density at radius 3 is 2.25 bits per heavy atom. The molecule has 1 aliphatic rings. The van der Waals surface area contributed by atoms with Crippen LogP contribution in [0.5, 0.6) is 0 Å². The number of rotatable bonds is 2. The van der Waals surface area contributed by atoms with Crippen LogP contribution in [0.4, 0.5) is 4.39 Å². The molecular weight excluding hydrogens is 153 g/mol. The van der Waals surface area contributed by atoms with Crippen LogP contribution in [0, 0.1) is 11.8 Å². The average Bonchev–Trinajstić information content (AvgIpc) is 2.40. The second-order valence-corrected chi connectivity index (χ2v) is 3.56. The van der Waals surface area contributed by atoms with Gasteiger partial charge in [-0.15, -0.1) is 0 Å². The first kappa shape index (κ1) is 11.9. The molecule has 0 saturated carbocycles. The van der Waals surface area contributed by atoms with Crippen LogP contribution in [-0.2, 0) is 0 Å². The molecule has 0 spiro atoms. The molecule has 1 aliphatic heterocycles. The molecule has 2 heteroatoms. The van der Waals surface area contributed by atoms with Gasteiger partial charge in [0.2, 0.25) is 0 Å². The lowest BCUT2D eigenvalue weighted by molar-refractivity contribution is 0.254. The van der Waals surface area contributed by atoms with Crippen molar-refractivity contribution in [3.8, 4) is 0 Å². The fraction of sp³-hybridized carbons (Fsp3) is 1.00. The largest absolute Gasteiger partial charge is 0.313 e. The van der Waals surface area contributed by atoms with E-state index in [1.165, 1.54) is 0 Å². The summed E-state index contributed by atoms with van der Waals surface area (Å²) in [6, 6.07) is 0. The molecule has 1 saturated heterocycles. The van der Waals surface area contributed by atoms with Crippen molar-refractivity contribution in [2.45, 2.75) is 40.3 Å². The maximum atomic E-state index is 12.9. The van der Waals surface area contributed by atoms with Gasteiger partial charge in [0.25, 0.3) is 0 Å². The van der Waals surface area contributed by atoms with Crippen molar-refractivity contribution in [3.05, 3.63) is 0 Å². The van der Waals surface area contributed by atoms with E-state index in [2.05, 4.69) is 19.2 Å². The van der Waals surface area contributed by atoms with Gasteiger partial charge in [-0.3, -0.25) is 0 Å². The van der Waals surface area contributed by atoms with E-state index < -0.39 is 6.17 Å². The fourth-order valence-electron chi connectivity index (χ4n) is 1.54. The molecule has 1 rings (SSSR count). The summed E-state index contributed by atoms with van der Waals surface area (Å²) >= 11 is 0. The number of halogens is 1. The highest BCUT2D eigenvalue weighted by Crippen LogP contribution is 2.20. The summed E-state index contributed by atoms with van der Waals surface area (Å²) in [6.07, 6.45) is 0.427. The third-order valence-corrected chi connectivity index (χ3v) is 2.03. The molecule has 0 aromatic heterocycles. The monoisotopic (exact) mass is 175 g/mol. The number of hydrogen-bond acceptors (Lipinski definition) is 1. The van der Waals surface area contributed by atoms with Crippen LogP contribution in [0.1, 0.15) is 34.1 Å². The highest BCUT2D eigenvalue weighted by atomic mass is 19.1.